The molecule has 0 radical (unpaired) electrons. The number of amides is 2. The van der Waals surface area contributed by atoms with Gasteiger partial charge in [0.25, 0.3) is 0 Å². The molecule has 0 bridgehead atoms. The Morgan fingerprint density at radius 2 is 1.73 bits per heavy atom. The van der Waals surface area contributed by atoms with Crippen LogP contribution in [0.5, 0.6) is 0 Å². The predicted octanol–water partition coefficient (Wildman–Crippen LogP) is 4.40. The molecular weight excluding hydrogens is 378 g/mol. The highest BCUT2D eigenvalue weighted by Gasteiger charge is 2.33. The molecule has 0 aliphatic carbocycles. The number of carbonyl (C=O) groups excluding carboxylic acids is 1. The summed E-state index contributed by atoms with van der Waals surface area (Å²) >= 11 is 0. The molecule has 2 aromatic carbocycles. The van der Waals surface area contributed by atoms with Crippen LogP contribution >= 0.6 is 0 Å². The molecule has 0 saturated carbocycles. The van der Waals surface area contributed by atoms with Gasteiger partial charge in [-0.2, -0.15) is 0 Å². The average Bonchev–Trinajstić information content (AvgIpc) is 3.21. The Hall–Kier alpha value is -2.86. The van der Waals surface area contributed by atoms with E-state index in [9.17, 15) is 14.7 Å². The van der Waals surface area contributed by atoms with Gasteiger partial charge in [-0.15, -0.1) is 0 Å². The van der Waals surface area contributed by atoms with Gasteiger partial charge in [0.05, 0.1) is 6.04 Å². The third-order valence-electron chi connectivity index (χ3n) is 6.21. The second-order valence-corrected chi connectivity index (χ2v) is 8.43. The van der Waals surface area contributed by atoms with Crippen molar-refractivity contribution in [1.82, 2.24) is 10.2 Å². The van der Waals surface area contributed by atoms with Crippen LogP contribution in [0.3, 0.4) is 0 Å². The minimum atomic E-state index is -1.05. The van der Waals surface area contributed by atoms with E-state index in [2.05, 4.69) is 34.5 Å². The van der Waals surface area contributed by atoms with Crippen LogP contribution in [0.2, 0.25) is 0 Å². The fourth-order valence-corrected chi connectivity index (χ4v) is 4.81. The zero-order valence-electron chi connectivity index (χ0n) is 17.6. The number of benzene rings is 2. The highest BCUT2D eigenvalue weighted by Crippen LogP contribution is 2.39. The van der Waals surface area contributed by atoms with Gasteiger partial charge in [0.1, 0.15) is 0 Å². The Morgan fingerprint density at radius 3 is 2.37 bits per heavy atom. The zero-order valence-corrected chi connectivity index (χ0v) is 17.6. The first-order chi connectivity index (χ1) is 14.4. The Kier molecular flexibility index (Phi) is 5.77. The molecule has 0 spiro atoms. The molecule has 0 aromatic heterocycles. The normalized spacial score (nSPS) is 21.3. The second kappa shape index (κ2) is 8.48. The lowest BCUT2D eigenvalue weighted by atomic mass is 9.89. The maximum absolute atomic E-state index is 12.2. The second-order valence-electron chi connectivity index (χ2n) is 8.43. The van der Waals surface area contributed by atoms with E-state index in [0.29, 0.717) is 6.42 Å². The molecule has 2 atom stereocenters. The number of hydrogen-bond acceptors (Lipinski definition) is 3. The summed E-state index contributed by atoms with van der Waals surface area (Å²) in [6, 6.07) is 14.2. The minimum Gasteiger partial charge on any atom is -0.465 e. The molecule has 2 aliphatic rings. The Labute approximate surface area is 177 Å². The van der Waals surface area contributed by atoms with Crippen LogP contribution in [0.4, 0.5) is 10.5 Å². The van der Waals surface area contributed by atoms with E-state index < -0.39 is 6.09 Å². The monoisotopic (exact) mass is 407 g/mol. The summed E-state index contributed by atoms with van der Waals surface area (Å²) in [5, 5.41) is 11.9. The van der Waals surface area contributed by atoms with E-state index in [1.54, 1.807) is 11.8 Å². The van der Waals surface area contributed by atoms with Crippen molar-refractivity contribution < 1.29 is 14.7 Å². The first-order valence-corrected chi connectivity index (χ1v) is 10.7. The van der Waals surface area contributed by atoms with Crippen LogP contribution in [0.25, 0.3) is 11.1 Å². The van der Waals surface area contributed by atoms with Crippen molar-refractivity contribution in [1.29, 1.82) is 0 Å². The molecular formula is C24H29N3O3. The van der Waals surface area contributed by atoms with Gasteiger partial charge in [0, 0.05) is 25.2 Å². The third kappa shape index (κ3) is 4.19. The van der Waals surface area contributed by atoms with E-state index in [-0.39, 0.29) is 18.0 Å². The number of fused-ring (bicyclic) bond motifs is 1. The van der Waals surface area contributed by atoms with Crippen molar-refractivity contribution in [2.75, 3.05) is 18.0 Å². The summed E-state index contributed by atoms with van der Waals surface area (Å²) < 4.78 is 0. The number of anilines is 1. The minimum absolute atomic E-state index is 0.0310. The molecule has 2 aliphatic heterocycles. The molecule has 158 valence electrons. The van der Waals surface area contributed by atoms with Crippen LogP contribution < -0.4 is 10.2 Å². The standard InChI is InChI=1S/C24H29N3O3/c1-16-13-22(25-24(29)30)21-14-20(9-10-23(21)27(16)17(2)28)19-7-5-18(6-8-19)15-26-11-3-4-12-26/h5-10,14,16,22,25H,3-4,11-13,15H2,1-2H3,(H,29,30). The van der Waals surface area contributed by atoms with Gasteiger partial charge in [0.2, 0.25) is 5.91 Å². The van der Waals surface area contributed by atoms with E-state index in [1.165, 1.54) is 31.5 Å². The van der Waals surface area contributed by atoms with Crippen LogP contribution in [-0.4, -0.2) is 41.1 Å². The lowest BCUT2D eigenvalue weighted by Crippen LogP contribution is -2.45. The summed E-state index contributed by atoms with van der Waals surface area (Å²) in [5.41, 5.74) is 5.06. The van der Waals surface area contributed by atoms with Gasteiger partial charge in [0.15, 0.2) is 0 Å². The number of carbonyl (C=O) groups is 2. The van der Waals surface area contributed by atoms with Crippen molar-refractivity contribution in [3.8, 4) is 11.1 Å². The Bertz CT molecular complexity index is 935. The molecule has 30 heavy (non-hydrogen) atoms. The molecule has 2 aromatic rings. The van der Waals surface area contributed by atoms with Crippen molar-refractivity contribution in [2.24, 2.45) is 0 Å². The van der Waals surface area contributed by atoms with Crippen LogP contribution in [0.15, 0.2) is 42.5 Å². The topological polar surface area (TPSA) is 72.9 Å². The predicted molar refractivity (Wildman–Crippen MR) is 118 cm³/mol. The molecule has 4 rings (SSSR count). The fraction of sp³-hybridized carbons (Fsp3) is 0.417. The van der Waals surface area contributed by atoms with E-state index in [0.717, 1.165) is 28.9 Å². The first kappa shape index (κ1) is 20.4. The van der Waals surface area contributed by atoms with Gasteiger partial charge in [-0.1, -0.05) is 30.3 Å². The van der Waals surface area contributed by atoms with Gasteiger partial charge in [-0.25, -0.2) is 4.79 Å². The summed E-state index contributed by atoms with van der Waals surface area (Å²) in [5.74, 6) is -0.0310. The summed E-state index contributed by atoms with van der Waals surface area (Å²) in [4.78, 5) is 27.8. The first-order valence-electron chi connectivity index (χ1n) is 10.7. The molecule has 6 heteroatoms. The maximum Gasteiger partial charge on any atom is 0.405 e. The molecule has 2 heterocycles. The highest BCUT2D eigenvalue weighted by atomic mass is 16.4. The molecule has 1 saturated heterocycles. The molecule has 2 amide bonds. The molecule has 2 unspecified atom stereocenters. The van der Waals surface area contributed by atoms with Gasteiger partial charge in [-0.05, 0) is 73.7 Å². The van der Waals surface area contributed by atoms with Crippen LogP contribution in [0, 0.1) is 0 Å². The van der Waals surface area contributed by atoms with E-state index in [1.807, 2.05) is 25.1 Å². The maximum atomic E-state index is 12.2. The van der Waals surface area contributed by atoms with Gasteiger partial charge in [-0.3, -0.25) is 9.69 Å². The Morgan fingerprint density at radius 1 is 1.07 bits per heavy atom. The smallest absolute Gasteiger partial charge is 0.405 e. The quantitative estimate of drug-likeness (QED) is 0.788. The summed E-state index contributed by atoms with van der Waals surface area (Å²) in [6.45, 7) is 6.85. The lowest BCUT2D eigenvalue weighted by Gasteiger charge is -2.39. The summed E-state index contributed by atoms with van der Waals surface area (Å²) in [6.07, 6.45) is 2.08. The number of nitrogens with zero attached hydrogens (tertiary/aromatic N) is 2. The summed E-state index contributed by atoms with van der Waals surface area (Å²) in [7, 11) is 0. The van der Waals surface area contributed by atoms with Gasteiger partial charge >= 0.3 is 6.09 Å². The van der Waals surface area contributed by atoms with Crippen LogP contribution in [-0.2, 0) is 11.3 Å². The zero-order chi connectivity index (χ0) is 21.3. The molecule has 1 fully saturated rings. The number of carboxylic acid groups (broad SMARTS) is 1. The molecule has 6 nitrogen and oxygen atoms in total. The largest absolute Gasteiger partial charge is 0.465 e. The average molecular weight is 408 g/mol. The number of hydrogen-bond donors (Lipinski definition) is 2. The molecule has 2 N–H and O–H groups in total. The SMILES string of the molecule is CC(=O)N1c2ccc(-c3ccc(CN4CCCC4)cc3)cc2C(NC(=O)O)CC1C. The number of likely N-dealkylation sites (tertiary alicyclic amines) is 1. The van der Waals surface area contributed by atoms with Crippen molar-refractivity contribution in [2.45, 2.75) is 51.7 Å². The van der Waals surface area contributed by atoms with Gasteiger partial charge < -0.3 is 15.3 Å². The number of nitrogens with one attached hydrogen (secondary N) is 1. The fourth-order valence-electron chi connectivity index (χ4n) is 4.81. The van der Waals surface area contributed by atoms with E-state index >= 15 is 0 Å². The van der Waals surface area contributed by atoms with Crippen molar-refractivity contribution >= 4 is 17.7 Å². The highest BCUT2D eigenvalue weighted by molar-refractivity contribution is 5.94. The third-order valence-corrected chi connectivity index (χ3v) is 6.21. The number of rotatable bonds is 4. The van der Waals surface area contributed by atoms with E-state index in [4.69, 9.17) is 0 Å². The Balaban J connectivity index is 1.63. The lowest BCUT2D eigenvalue weighted by molar-refractivity contribution is -0.117. The van der Waals surface area contributed by atoms with Crippen LogP contribution in [0.1, 0.15) is 50.3 Å². The van der Waals surface area contributed by atoms with Crippen molar-refractivity contribution in [3.63, 3.8) is 0 Å². The van der Waals surface area contributed by atoms with Crippen molar-refractivity contribution in [3.05, 3.63) is 53.6 Å².